The fraction of sp³-hybridized carbons (Fsp3) is 0.417. The van der Waals surface area contributed by atoms with Gasteiger partial charge in [0.15, 0.2) is 0 Å². The van der Waals surface area contributed by atoms with E-state index in [4.69, 9.17) is 0 Å². The third-order valence-corrected chi connectivity index (χ3v) is 2.97. The number of benzene rings is 1. The van der Waals surface area contributed by atoms with Gasteiger partial charge in [-0.15, -0.1) is 0 Å². The van der Waals surface area contributed by atoms with Crippen molar-refractivity contribution in [2.75, 3.05) is 5.32 Å². The molecule has 0 fully saturated rings. The number of aryl methyl sites for hydroxylation is 1. The van der Waals surface area contributed by atoms with Gasteiger partial charge in [0, 0.05) is 16.9 Å². The molecule has 0 bridgehead atoms. The molecule has 1 aromatic carbocycles. The van der Waals surface area contributed by atoms with E-state index in [1.165, 1.54) is 11.1 Å². The predicted octanol–water partition coefficient (Wildman–Crippen LogP) is 2.74. The van der Waals surface area contributed by atoms with Crippen LogP contribution in [-0.4, -0.2) is 5.91 Å². The Kier molecular flexibility index (Phi) is 2.51. The average Bonchev–Trinajstić information content (AvgIpc) is 2.15. The molecule has 0 saturated heterocycles. The van der Waals surface area contributed by atoms with Gasteiger partial charge in [-0.25, -0.2) is 0 Å². The van der Waals surface area contributed by atoms with Crippen molar-refractivity contribution in [2.24, 2.45) is 0 Å². The molecule has 2 rings (SSSR count). The molecule has 0 atom stereocenters. The van der Waals surface area contributed by atoms with Gasteiger partial charge in [-0.05, 0) is 37.5 Å². The molecule has 0 radical (unpaired) electrons. The topological polar surface area (TPSA) is 29.1 Å². The highest BCUT2D eigenvalue weighted by atomic mass is 32.1. The van der Waals surface area contributed by atoms with Crippen LogP contribution in [0.5, 0.6) is 0 Å². The Morgan fingerprint density at radius 1 is 1.33 bits per heavy atom. The smallest absolute Gasteiger partial charge is 0.224 e. The zero-order valence-corrected chi connectivity index (χ0v) is 9.90. The number of thiol groups is 1. The van der Waals surface area contributed by atoms with E-state index in [0.717, 1.165) is 12.1 Å². The third-order valence-electron chi connectivity index (χ3n) is 2.71. The molecule has 1 aromatic rings. The van der Waals surface area contributed by atoms with E-state index in [9.17, 15) is 4.79 Å². The molecule has 0 saturated carbocycles. The largest absolute Gasteiger partial charge is 0.326 e. The van der Waals surface area contributed by atoms with Crippen LogP contribution in [0.1, 0.15) is 31.4 Å². The first-order valence-electron chi connectivity index (χ1n) is 5.12. The number of nitrogens with one attached hydrogen (secondary N) is 1. The summed E-state index contributed by atoms with van der Waals surface area (Å²) in [7, 11) is 0. The maximum absolute atomic E-state index is 11.2. The standard InChI is InChI=1S/C12H15NOS/c1-12(2,15)9-4-5-10-8(7-9)3-6-11(14)13-10/h4-5,7,15H,3,6H2,1-2H3,(H,13,14). The number of carbonyl (C=O) groups is 1. The number of rotatable bonds is 1. The van der Waals surface area contributed by atoms with E-state index in [1.54, 1.807) is 0 Å². The van der Waals surface area contributed by atoms with Crippen molar-refractivity contribution >= 4 is 24.2 Å². The van der Waals surface area contributed by atoms with Crippen LogP contribution < -0.4 is 5.32 Å². The molecular formula is C12H15NOS. The fourth-order valence-electron chi connectivity index (χ4n) is 1.76. The highest BCUT2D eigenvalue weighted by Crippen LogP contribution is 2.31. The quantitative estimate of drug-likeness (QED) is 0.701. The number of carbonyl (C=O) groups excluding carboxylic acids is 1. The second-order valence-electron chi connectivity index (χ2n) is 4.48. The lowest BCUT2D eigenvalue weighted by molar-refractivity contribution is -0.116. The number of hydrogen-bond donors (Lipinski definition) is 2. The summed E-state index contributed by atoms with van der Waals surface area (Å²) in [5.74, 6) is 0.111. The van der Waals surface area contributed by atoms with Gasteiger partial charge in [-0.3, -0.25) is 4.79 Å². The van der Waals surface area contributed by atoms with E-state index in [0.29, 0.717) is 6.42 Å². The molecule has 0 spiro atoms. The molecular weight excluding hydrogens is 206 g/mol. The summed E-state index contributed by atoms with van der Waals surface area (Å²) in [5.41, 5.74) is 3.36. The first kappa shape index (κ1) is 10.6. The number of amides is 1. The van der Waals surface area contributed by atoms with Crippen LogP contribution >= 0.6 is 12.6 Å². The molecule has 15 heavy (non-hydrogen) atoms. The van der Waals surface area contributed by atoms with Crippen molar-refractivity contribution in [3.63, 3.8) is 0 Å². The molecule has 0 unspecified atom stereocenters. The van der Waals surface area contributed by atoms with E-state index in [1.807, 2.05) is 12.1 Å². The van der Waals surface area contributed by atoms with Crippen LogP contribution in [0.4, 0.5) is 5.69 Å². The Balaban J connectivity index is 2.39. The van der Waals surface area contributed by atoms with Crippen LogP contribution in [0.3, 0.4) is 0 Å². The first-order chi connectivity index (χ1) is 6.97. The Labute approximate surface area is 95.5 Å². The zero-order valence-electron chi connectivity index (χ0n) is 9.00. The van der Waals surface area contributed by atoms with Gasteiger partial charge in [-0.1, -0.05) is 12.1 Å². The molecule has 1 N–H and O–H groups in total. The van der Waals surface area contributed by atoms with E-state index in [2.05, 4.69) is 37.9 Å². The lowest BCUT2D eigenvalue weighted by Gasteiger charge is -2.22. The Morgan fingerprint density at radius 2 is 2.07 bits per heavy atom. The van der Waals surface area contributed by atoms with Crippen molar-refractivity contribution < 1.29 is 4.79 Å². The van der Waals surface area contributed by atoms with Crippen molar-refractivity contribution in [2.45, 2.75) is 31.4 Å². The molecule has 3 heteroatoms. The molecule has 1 heterocycles. The number of fused-ring (bicyclic) bond motifs is 1. The lowest BCUT2D eigenvalue weighted by Crippen LogP contribution is -2.20. The average molecular weight is 221 g/mol. The highest BCUT2D eigenvalue weighted by molar-refractivity contribution is 7.81. The van der Waals surface area contributed by atoms with Gasteiger partial charge in [0.05, 0.1) is 0 Å². The molecule has 1 amide bonds. The lowest BCUT2D eigenvalue weighted by atomic mass is 9.95. The summed E-state index contributed by atoms with van der Waals surface area (Å²) in [5, 5.41) is 2.87. The van der Waals surface area contributed by atoms with E-state index >= 15 is 0 Å². The van der Waals surface area contributed by atoms with Crippen LogP contribution in [0, 0.1) is 0 Å². The normalized spacial score (nSPS) is 15.8. The van der Waals surface area contributed by atoms with E-state index < -0.39 is 0 Å². The van der Waals surface area contributed by atoms with Crippen molar-refractivity contribution in [3.8, 4) is 0 Å². The highest BCUT2D eigenvalue weighted by Gasteiger charge is 2.19. The Hall–Kier alpha value is -0.960. The predicted molar refractivity (Wildman–Crippen MR) is 65.4 cm³/mol. The minimum atomic E-state index is -0.128. The third kappa shape index (κ3) is 2.17. The summed E-state index contributed by atoms with van der Waals surface area (Å²) < 4.78 is -0.128. The summed E-state index contributed by atoms with van der Waals surface area (Å²) in [6.45, 7) is 4.14. The second-order valence-corrected chi connectivity index (χ2v) is 5.60. The first-order valence-corrected chi connectivity index (χ1v) is 5.57. The number of hydrogen-bond acceptors (Lipinski definition) is 2. The minimum absolute atomic E-state index is 0.111. The maximum atomic E-state index is 11.2. The van der Waals surface area contributed by atoms with Gasteiger partial charge in [0.1, 0.15) is 0 Å². The summed E-state index contributed by atoms with van der Waals surface area (Å²) in [4.78, 5) is 11.2. The summed E-state index contributed by atoms with van der Waals surface area (Å²) >= 11 is 4.54. The van der Waals surface area contributed by atoms with Crippen LogP contribution in [0.15, 0.2) is 18.2 Å². The maximum Gasteiger partial charge on any atom is 0.224 e. The van der Waals surface area contributed by atoms with Gasteiger partial charge in [-0.2, -0.15) is 12.6 Å². The van der Waals surface area contributed by atoms with Crippen LogP contribution in [0.25, 0.3) is 0 Å². The van der Waals surface area contributed by atoms with Crippen molar-refractivity contribution in [1.29, 1.82) is 0 Å². The second kappa shape index (κ2) is 3.56. The number of anilines is 1. The van der Waals surface area contributed by atoms with Crippen molar-refractivity contribution in [3.05, 3.63) is 29.3 Å². The van der Waals surface area contributed by atoms with Crippen molar-refractivity contribution in [1.82, 2.24) is 0 Å². The van der Waals surface area contributed by atoms with Crippen LogP contribution in [0.2, 0.25) is 0 Å². The monoisotopic (exact) mass is 221 g/mol. The van der Waals surface area contributed by atoms with E-state index in [-0.39, 0.29) is 10.7 Å². The fourth-order valence-corrected chi connectivity index (χ4v) is 1.90. The molecule has 0 aliphatic carbocycles. The minimum Gasteiger partial charge on any atom is -0.326 e. The zero-order chi connectivity index (χ0) is 11.1. The Bertz CT molecular complexity index is 407. The summed E-state index contributed by atoms with van der Waals surface area (Å²) in [6.07, 6.45) is 1.42. The molecule has 2 nitrogen and oxygen atoms in total. The summed E-state index contributed by atoms with van der Waals surface area (Å²) in [6, 6.07) is 6.14. The molecule has 0 aromatic heterocycles. The van der Waals surface area contributed by atoms with Gasteiger partial charge in [0.25, 0.3) is 0 Å². The Morgan fingerprint density at radius 3 is 2.73 bits per heavy atom. The van der Waals surface area contributed by atoms with Gasteiger partial charge in [0.2, 0.25) is 5.91 Å². The molecule has 1 aliphatic rings. The van der Waals surface area contributed by atoms with Gasteiger partial charge >= 0.3 is 0 Å². The molecule has 1 aliphatic heterocycles. The van der Waals surface area contributed by atoms with Crippen LogP contribution in [-0.2, 0) is 16.0 Å². The molecule has 80 valence electrons. The SMILES string of the molecule is CC(C)(S)c1ccc2c(c1)CCC(=O)N2. The van der Waals surface area contributed by atoms with Gasteiger partial charge < -0.3 is 5.32 Å².